The number of para-hydroxylation sites is 2. The minimum absolute atomic E-state index is 0.345. The number of esters is 1. The molecular weight excluding hydrogens is 242 g/mol. The molecule has 1 aromatic heterocycles. The molecule has 0 radical (unpaired) electrons. The first kappa shape index (κ1) is 13.5. The maximum absolute atomic E-state index is 11.6. The van der Waals surface area contributed by atoms with Gasteiger partial charge in [-0.05, 0) is 19.1 Å². The van der Waals surface area contributed by atoms with Gasteiger partial charge in [0.2, 0.25) is 0 Å². The van der Waals surface area contributed by atoms with E-state index in [0.717, 1.165) is 23.3 Å². The average molecular weight is 261 g/mol. The first-order valence-electron chi connectivity index (χ1n) is 6.53. The molecule has 1 unspecified atom stereocenters. The van der Waals surface area contributed by atoms with E-state index in [4.69, 9.17) is 10.5 Å². The van der Waals surface area contributed by atoms with Gasteiger partial charge in [0.05, 0.1) is 24.2 Å². The number of imidazole rings is 1. The van der Waals surface area contributed by atoms with Crippen LogP contribution < -0.4 is 5.73 Å². The average Bonchev–Trinajstić information content (AvgIpc) is 2.77. The first-order valence-corrected chi connectivity index (χ1v) is 6.53. The van der Waals surface area contributed by atoms with Gasteiger partial charge in [-0.1, -0.05) is 19.1 Å². The third kappa shape index (κ3) is 2.76. The molecule has 0 amide bonds. The first-order chi connectivity index (χ1) is 9.17. The molecule has 0 bridgehead atoms. The maximum atomic E-state index is 11.6. The lowest BCUT2D eigenvalue weighted by Crippen LogP contribution is -2.36. The maximum Gasteiger partial charge on any atom is 0.324 e. The summed E-state index contributed by atoms with van der Waals surface area (Å²) in [5.41, 5.74) is 7.81. The highest BCUT2D eigenvalue weighted by atomic mass is 16.5. The van der Waals surface area contributed by atoms with Gasteiger partial charge in [0.1, 0.15) is 11.9 Å². The van der Waals surface area contributed by atoms with Gasteiger partial charge in [-0.25, -0.2) is 4.98 Å². The van der Waals surface area contributed by atoms with Crippen LogP contribution in [-0.2, 0) is 22.5 Å². The van der Waals surface area contributed by atoms with Gasteiger partial charge in [-0.15, -0.1) is 0 Å². The van der Waals surface area contributed by atoms with Gasteiger partial charge >= 0.3 is 5.97 Å². The Bertz CT molecular complexity index is 577. The van der Waals surface area contributed by atoms with Crippen molar-refractivity contribution in [3.8, 4) is 0 Å². The lowest BCUT2D eigenvalue weighted by atomic mass is 10.2. The monoisotopic (exact) mass is 261 g/mol. The van der Waals surface area contributed by atoms with Gasteiger partial charge in [0.15, 0.2) is 0 Å². The Hall–Kier alpha value is -1.88. The summed E-state index contributed by atoms with van der Waals surface area (Å²) in [6.07, 6.45) is 0.796. The zero-order chi connectivity index (χ0) is 13.8. The van der Waals surface area contributed by atoms with Crippen molar-refractivity contribution in [1.82, 2.24) is 9.55 Å². The molecule has 1 atom stereocenters. The van der Waals surface area contributed by atoms with Crippen molar-refractivity contribution in [3.63, 3.8) is 0 Å². The minimum atomic E-state index is -0.664. The summed E-state index contributed by atoms with van der Waals surface area (Å²) >= 11 is 0. The molecule has 1 aromatic carbocycles. The summed E-state index contributed by atoms with van der Waals surface area (Å²) in [5, 5.41) is 0. The number of nitrogens with zero attached hydrogens (tertiary/aromatic N) is 2. The molecule has 0 aliphatic heterocycles. The lowest BCUT2D eigenvalue weighted by molar-refractivity contribution is -0.145. The van der Waals surface area contributed by atoms with E-state index in [-0.39, 0.29) is 5.97 Å². The molecular formula is C14H19N3O2. The summed E-state index contributed by atoms with van der Waals surface area (Å²) in [4.78, 5) is 16.2. The second-order valence-electron chi connectivity index (χ2n) is 4.34. The normalized spacial score (nSPS) is 12.6. The molecule has 2 N–H and O–H groups in total. The molecule has 0 saturated heterocycles. The molecule has 0 aliphatic rings. The number of benzene rings is 1. The Labute approximate surface area is 112 Å². The Morgan fingerprint density at radius 1 is 1.42 bits per heavy atom. The molecule has 0 saturated carbocycles. The number of hydrogen-bond acceptors (Lipinski definition) is 4. The Kier molecular flexibility index (Phi) is 4.16. The van der Waals surface area contributed by atoms with Gasteiger partial charge in [-0.2, -0.15) is 0 Å². The van der Waals surface area contributed by atoms with E-state index in [1.165, 1.54) is 0 Å². The molecule has 19 heavy (non-hydrogen) atoms. The SMILES string of the molecule is CCOC(=O)C(N)Cn1c(CC)nc2ccccc21. The van der Waals surface area contributed by atoms with E-state index < -0.39 is 6.04 Å². The van der Waals surface area contributed by atoms with Crippen LogP contribution in [0.3, 0.4) is 0 Å². The third-order valence-corrected chi connectivity index (χ3v) is 3.02. The quantitative estimate of drug-likeness (QED) is 0.828. The predicted molar refractivity (Wildman–Crippen MR) is 73.7 cm³/mol. The topological polar surface area (TPSA) is 70.1 Å². The van der Waals surface area contributed by atoms with Crippen LogP contribution in [0.4, 0.5) is 0 Å². The molecule has 102 valence electrons. The van der Waals surface area contributed by atoms with Crippen molar-refractivity contribution in [1.29, 1.82) is 0 Å². The fourth-order valence-corrected chi connectivity index (χ4v) is 2.12. The highest BCUT2D eigenvalue weighted by Crippen LogP contribution is 2.16. The zero-order valence-corrected chi connectivity index (χ0v) is 11.3. The summed E-state index contributed by atoms with van der Waals surface area (Å²) in [6.45, 7) is 4.54. The van der Waals surface area contributed by atoms with Crippen molar-refractivity contribution in [3.05, 3.63) is 30.1 Å². The fraction of sp³-hybridized carbons (Fsp3) is 0.429. The molecule has 2 rings (SSSR count). The standard InChI is InChI=1S/C14H19N3O2/c1-3-13-16-11-7-5-6-8-12(11)17(13)9-10(15)14(18)19-4-2/h5-8,10H,3-4,9,15H2,1-2H3. The van der Waals surface area contributed by atoms with Crippen molar-refractivity contribution in [2.75, 3.05) is 6.61 Å². The lowest BCUT2D eigenvalue weighted by Gasteiger charge is -2.13. The van der Waals surface area contributed by atoms with Gasteiger partial charge in [-0.3, -0.25) is 4.79 Å². The van der Waals surface area contributed by atoms with Gasteiger partial charge in [0.25, 0.3) is 0 Å². The van der Waals surface area contributed by atoms with Crippen LogP contribution in [0.5, 0.6) is 0 Å². The van der Waals surface area contributed by atoms with Crippen molar-refractivity contribution >= 4 is 17.0 Å². The van der Waals surface area contributed by atoms with Crippen LogP contribution >= 0.6 is 0 Å². The van der Waals surface area contributed by atoms with Crippen LogP contribution in [-0.4, -0.2) is 28.2 Å². The van der Waals surface area contributed by atoms with E-state index in [2.05, 4.69) is 4.98 Å². The van der Waals surface area contributed by atoms with E-state index in [1.807, 2.05) is 35.8 Å². The van der Waals surface area contributed by atoms with Crippen LogP contribution in [0.1, 0.15) is 19.7 Å². The molecule has 5 heteroatoms. The number of aromatic nitrogens is 2. The number of aryl methyl sites for hydroxylation is 1. The largest absolute Gasteiger partial charge is 0.465 e. The van der Waals surface area contributed by atoms with Gasteiger partial charge < -0.3 is 15.0 Å². The van der Waals surface area contributed by atoms with Crippen molar-refractivity contribution in [2.45, 2.75) is 32.9 Å². The second-order valence-corrected chi connectivity index (χ2v) is 4.34. The predicted octanol–water partition coefficient (Wildman–Crippen LogP) is 1.49. The molecule has 1 heterocycles. The van der Waals surface area contributed by atoms with E-state index in [9.17, 15) is 4.79 Å². The van der Waals surface area contributed by atoms with Crippen LogP contribution in [0, 0.1) is 0 Å². The third-order valence-electron chi connectivity index (χ3n) is 3.02. The van der Waals surface area contributed by atoms with Crippen molar-refractivity contribution < 1.29 is 9.53 Å². The highest BCUT2D eigenvalue weighted by molar-refractivity contribution is 5.78. The Morgan fingerprint density at radius 3 is 2.84 bits per heavy atom. The molecule has 0 fully saturated rings. The number of rotatable bonds is 5. The smallest absolute Gasteiger partial charge is 0.324 e. The number of nitrogens with two attached hydrogens (primary N) is 1. The number of carbonyl (C=O) groups is 1. The van der Waals surface area contributed by atoms with Crippen LogP contribution in [0.25, 0.3) is 11.0 Å². The zero-order valence-electron chi connectivity index (χ0n) is 11.3. The van der Waals surface area contributed by atoms with E-state index in [1.54, 1.807) is 6.92 Å². The number of fused-ring (bicyclic) bond motifs is 1. The molecule has 2 aromatic rings. The Morgan fingerprint density at radius 2 is 2.16 bits per heavy atom. The second kappa shape index (κ2) is 5.84. The van der Waals surface area contributed by atoms with Crippen LogP contribution in [0.15, 0.2) is 24.3 Å². The summed E-state index contributed by atoms with van der Waals surface area (Å²) in [7, 11) is 0. The molecule has 0 aliphatic carbocycles. The van der Waals surface area contributed by atoms with Crippen LogP contribution in [0.2, 0.25) is 0 Å². The van der Waals surface area contributed by atoms with Gasteiger partial charge in [0, 0.05) is 6.42 Å². The van der Waals surface area contributed by atoms with E-state index in [0.29, 0.717) is 13.2 Å². The minimum Gasteiger partial charge on any atom is -0.465 e. The van der Waals surface area contributed by atoms with E-state index >= 15 is 0 Å². The Balaban J connectivity index is 2.30. The summed E-state index contributed by atoms with van der Waals surface area (Å²) in [5.74, 6) is 0.559. The highest BCUT2D eigenvalue weighted by Gasteiger charge is 2.18. The summed E-state index contributed by atoms with van der Waals surface area (Å²) in [6, 6.07) is 7.18. The summed E-state index contributed by atoms with van der Waals surface area (Å²) < 4.78 is 6.94. The molecule has 0 spiro atoms. The molecule has 5 nitrogen and oxygen atoms in total. The fourth-order valence-electron chi connectivity index (χ4n) is 2.12. The number of carbonyl (C=O) groups excluding carboxylic acids is 1. The number of ether oxygens (including phenoxy) is 1. The number of hydrogen-bond donors (Lipinski definition) is 1. The van der Waals surface area contributed by atoms with Crippen molar-refractivity contribution in [2.24, 2.45) is 5.73 Å².